The van der Waals surface area contributed by atoms with E-state index in [-0.39, 0.29) is 5.41 Å². The fourth-order valence-corrected chi connectivity index (χ4v) is 1.20. The zero-order valence-electron chi connectivity index (χ0n) is 6.96. The van der Waals surface area contributed by atoms with E-state index in [1.165, 1.54) is 0 Å². The summed E-state index contributed by atoms with van der Waals surface area (Å²) in [4.78, 5) is 7.85. The number of rotatable bonds is 2. The topological polar surface area (TPSA) is 76.8 Å². The van der Waals surface area contributed by atoms with Crippen LogP contribution in [0.25, 0.3) is 0 Å². The summed E-state index contributed by atoms with van der Waals surface area (Å²) in [7, 11) is 3.36. The van der Waals surface area contributed by atoms with Crippen LogP contribution in [-0.2, 0) is 0 Å². The highest BCUT2D eigenvalue weighted by atomic mass is 15.0. The molecule has 0 saturated heterocycles. The number of aliphatic imine (C=N–C) groups is 2. The van der Waals surface area contributed by atoms with E-state index in [1.54, 1.807) is 14.1 Å². The number of amidine groups is 2. The minimum absolute atomic E-state index is 0.177. The van der Waals surface area contributed by atoms with Crippen LogP contribution in [0.2, 0.25) is 0 Å². The van der Waals surface area contributed by atoms with Gasteiger partial charge in [0.05, 0.1) is 5.41 Å². The minimum Gasteiger partial charge on any atom is -0.387 e. The van der Waals surface area contributed by atoms with Crippen molar-refractivity contribution in [2.45, 2.75) is 12.8 Å². The second-order valence-electron chi connectivity index (χ2n) is 2.80. The van der Waals surface area contributed by atoms with Crippen LogP contribution in [0.3, 0.4) is 0 Å². The molecular formula is C7H14N4. The number of nitrogens with zero attached hydrogens (tertiary/aromatic N) is 2. The lowest BCUT2D eigenvalue weighted by molar-refractivity contribution is 0.937. The van der Waals surface area contributed by atoms with Gasteiger partial charge >= 0.3 is 0 Å². The van der Waals surface area contributed by atoms with Gasteiger partial charge in [-0.3, -0.25) is 9.98 Å². The maximum atomic E-state index is 5.68. The molecule has 0 unspecified atom stereocenters. The number of hydrogen-bond acceptors (Lipinski definition) is 2. The Labute approximate surface area is 66.4 Å². The summed E-state index contributed by atoms with van der Waals surface area (Å²) >= 11 is 0. The Bertz CT molecular complexity index is 192. The molecule has 4 nitrogen and oxygen atoms in total. The highest BCUT2D eigenvalue weighted by Gasteiger charge is 2.50. The summed E-state index contributed by atoms with van der Waals surface area (Å²) in [6, 6.07) is 0. The van der Waals surface area contributed by atoms with Crippen LogP contribution >= 0.6 is 0 Å². The maximum absolute atomic E-state index is 5.68. The lowest BCUT2D eigenvalue weighted by Gasteiger charge is -2.12. The Hall–Kier alpha value is -1.06. The number of nitrogens with two attached hydrogens (primary N) is 2. The molecule has 0 radical (unpaired) electrons. The minimum atomic E-state index is -0.177. The average Bonchev–Trinajstić information content (AvgIpc) is 2.82. The second-order valence-corrected chi connectivity index (χ2v) is 2.80. The third-order valence-electron chi connectivity index (χ3n) is 2.21. The molecule has 0 spiro atoms. The number of hydrogen-bond donors (Lipinski definition) is 2. The molecule has 0 aromatic heterocycles. The first-order valence-electron chi connectivity index (χ1n) is 3.63. The molecule has 0 bridgehead atoms. The molecule has 4 N–H and O–H groups in total. The quantitative estimate of drug-likeness (QED) is 0.424. The van der Waals surface area contributed by atoms with Crippen molar-refractivity contribution < 1.29 is 0 Å². The molecule has 0 aliphatic heterocycles. The monoisotopic (exact) mass is 154 g/mol. The van der Waals surface area contributed by atoms with E-state index in [0.717, 1.165) is 12.8 Å². The third kappa shape index (κ3) is 1.08. The van der Waals surface area contributed by atoms with Gasteiger partial charge in [-0.05, 0) is 12.8 Å². The average molecular weight is 154 g/mol. The van der Waals surface area contributed by atoms with Crippen molar-refractivity contribution in [1.29, 1.82) is 0 Å². The molecule has 1 fully saturated rings. The van der Waals surface area contributed by atoms with Crippen molar-refractivity contribution >= 4 is 11.7 Å². The van der Waals surface area contributed by atoms with E-state index in [2.05, 4.69) is 9.98 Å². The van der Waals surface area contributed by atoms with E-state index in [4.69, 9.17) is 11.5 Å². The van der Waals surface area contributed by atoms with Crippen LogP contribution in [0.4, 0.5) is 0 Å². The molecule has 11 heavy (non-hydrogen) atoms. The van der Waals surface area contributed by atoms with Gasteiger partial charge < -0.3 is 11.5 Å². The molecular weight excluding hydrogens is 140 g/mol. The lowest BCUT2D eigenvalue weighted by Crippen LogP contribution is -2.37. The Balaban J connectivity index is 2.84. The van der Waals surface area contributed by atoms with E-state index in [9.17, 15) is 0 Å². The Morgan fingerprint density at radius 1 is 1.09 bits per heavy atom. The van der Waals surface area contributed by atoms with Gasteiger partial charge in [-0.2, -0.15) is 0 Å². The van der Waals surface area contributed by atoms with Crippen molar-refractivity contribution in [3.05, 3.63) is 0 Å². The SMILES string of the molecule is CN=C(N)C1(C(N)=NC)CC1. The summed E-state index contributed by atoms with van der Waals surface area (Å²) in [6.07, 6.45) is 1.97. The van der Waals surface area contributed by atoms with Crippen LogP contribution in [0.15, 0.2) is 9.98 Å². The van der Waals surface area contributed by atoms with Crippen LogP contribution < -0.4 is 11.5 Å². The Kier molecular flexibility index (Phi) is 1.85. The summed E-state index contributed by atoms with van der Waals surface area (Å²) in [6.45, 7) is 0. The molecule has 0 aromatic rings. The normalized spacial score (nSPS) is 23.5. The van der Waals surface area contributed by atoms with Gasteiger partial charge in [0.2, 0.25) is 0 Å². The van der Waals surface area contributed by atoms with Crippen LogP contribution in [0.1, 0.15) is 12.8 Å². The van der Waals surface area contributed by atoms with E-state index in [0.29, 0.717) is 11.7 Å². The molecule has 4 heteroatoms. The Morgan fingerprint density at radius 2 is 1.45 bits per heavy atom. The van der Waals surface area contributed by atoms with Gasteiger partial charge in [0.15, 0.2) is 0 Å². The first kappa shape index (κ1) is 8.04. The molecule has 0 aromatic carbocycles. The van der Waals surface area contributed by atoms with Crippen molar-refractivity contribution in [3.8, 4) is 0 Å². The van der Waals surface area contributed by atoms with Gasteiger partial charge in [0.25, 0.3) is 0 Å². The molecule has 0 amide bonds. The van der Waals surface area contributed by atoms with Crippen molar-refractivity contribution in [1.82, 2.24) is 0 Å². The van der Waals surface area contributed by atoms with E-state index >= 15 is 0 Å². The molecule has 62 valence electrons. The van der Waals surface area contributed by atoms with Crippen LogP contribution in [-0.4, -0.2) is 25.8 Å². The first-order valence-corrected chi connectivity index (χ1v) is 3.63. The maximum Gasteiger partial charge on any atom is 0.107 e. The van der Waals surface area contributed by atoms with E-state index in [1.807, 2.05) is 0 Å². The van der Waals surface area contributed by atoms with Gasteiger partial charge in [-0.25, -0.2) is 0 Å². The highest BCUT2D eigenvalue weighted by molar-refractivity contribution is 6.11. The molecule has 0 atom stereocenters. The zero-order chi connectivity index (χ0) is 8.48. The molecule has 1 rings (SSSR count). The summed E-state index contributed by atoms with van der Waals surface area (Å²) in [5, 5.41) is 0. The molecule has 0 heterocycles. The van der Waals surface area contributed by atoms with Gasteiger partial charge in [-0.1, -0.05) is 0 Å². The predicted octanol–water partition coefficient (Wildman–Crippen LogP) is -0.259. The largest absolute Gasteiger partial charge is 0.387 e. The second kappa shape index (κ2) is 2.53. The lowest BCUT2D eigenvalue weighted by atomic mass is 10.1. The predicted molar refractivity (Wildman–Crippen MR) is 46.8 cm³/mol. The fourth-order valence-electron chi connectivity index (χ4n) is 1.20. The standard InChI is InChI=1S/C7H14N4/c1-10-5(8)7(3-4-7)6(9)11-2/h3-4H2,1-2H3,(H2,8,10)(H2,9,11). The molecule has 1 saturated carbocycles. The fraction of sp³-hybridized carbons (Fsp3) is 0.714. The van der Waals surface area contributed by atoms with Gasteiger partial charge in [-0.15, -0.1) is 0 Å². The summed E-state index contributed by atoms with van der Waals surface area (Å²) in [5.74, 6) is 1.22. The van der Waals surface area contributed by atoms with Gasteiger partial charge in [0.1, 0.15) is 11.7 Å². The first-order chi connectivity index (χ1) is 5.17. The third-order valence-corrected chi connectivity index (χ3v) is 2.21. The zero-order valence-corrected chi connectivity index (χ0v) is 6.96. The van der Waals surface area contributed by atoms with Crippen molar-refractivity contribution in [3.63, 3.8) is 0 Å². The van der Waals surface area contributed by atoms with E-state index < -0.39 is 0 Å². The molecule has 1 aliphatic rings. The summed E-state index contributed by atoms with van der Waals surface area (Å²) < 4.78 is 0. The van der Waals surface area contributed by atoms with Crippen LogP contribution in [0.5, 0.6) is 0 Å². The van der Waals surface area contributed by atoms with Crippen molar-refractivity contribution in [2.24, 2.45) is 26.9 Å². The van der Waals surface area contributed by atoms with Crippen molar-refractivity contribution in [2.75, 3.05) is 14.1 Å². The van der Waals surface area contributed by atoms with Gasteiger partial charge in [0, 0.05) is 14.1 Å². The Morgan fingerprint density at radius 3 is 1.64 bits per heavy atom. The molecule has 1 aliphatic carbocycles. The summed E-state index contributed by atoms with van der Waals surface area (Å²) in [5.41, 5.74) is 11.2. The van der Waals surface area contributed by atoms with Crippen LogP contribution in [0, 0.1) is 5.41 Å². The smallest absolute Gasteiger partial charge is 0.107 e. The highest BCUT2D eigenvalue weighted by Crippen LogP contribution is 2.45.